The number of nitrogens with zero attached hydrogens (tertiary/aromatic N) is 2. The fourth-order valence-electron chi connectivity index (χ4n) is 3.14. The van der Waals surface area contributed by atoms with Crippen molar-refractivity contribution in [3.63, 3.8) is 0 Å². The fourth-order valence-corrected chi connectivity index (χ4v) is 3.14. The van der Waals surface area contributed by atoms with Gasteiger partial charge in [0.2, 0.25) is 5.43 Å². The van der Waals surface area contributed by atoms with Crippen molar-refractivity contribution in [2.24, 2.45) is 0 Å². The number of amides is 1. The molecule has 1 N–H and O–H groups in total. The Kier molecular flexibility index (Phi) is 6.24. The van der Waals surface area contributed by atoms with Crippen LogP contribution in [0, 0.1) is 13.8 Å². The molecule has 0 spiro atoms. The van der Waals surface area contributed by atoms with Crippen molar-refractivity contribution in [2.75, 3.05) is 19.5 Å². The van der Waals surface area contributed by atoms with Crippen molar-refractivity contribution in [3.8, 4) is 17.2 Å². The molecule has 1 amide bonds. The molecule has 3 rings (SSSR count). The number of nitrogens with one attached hydrogen (secondary N) is 1. The highest BCUT2D eigenvalue weighted by Crippen LogP contribution is 2.34. The second-order valence-electron chi connectivity index (χ2n) is 6.90. The zero-order chi connectivity index (χ0) is 23.6. The number of alkyl halides is 3. The summed E-state index contributed by atoms with van der Waals surface area (Å²) in [5.41, 5.74) is -1.43. The highest BCUT2D eigenvalue weighted by molar-refractivity contribution is 6.03. The van der Waals surface area contributed by atoms with Gasteiger partial charge in [-0.05, 0) is 37.6 Å². The molecule has 0 aliphatic carbocycles. The highest BCUT2D eigenvalue weighted by Gasteiger charge is 2.34. The molecule has 0 radical (unpaired) electrons. The average Bonchev–Trinajstić information content (AvgIpc) is 2.74. The SMILES string of the molecule is COc1cc(C)c(NC(=O)c2nn(-c3ccccc3C(F)(F)F)c(C)cc2=O)cc1OC. The van der Waals surface area contributed by atoms with Crippen LogP contribution in [0.5, 0.6) is 11.5 Å². The van der Waals surface area contributed by atoms with Gasteiger partial charge in [-0.1, -0.05) is 12.1 Å². The highest BCUT2D eigenvalue weighted by atomic mass is 19.4. The lowest BCUT2D eigenvalue weighted by Gasteiger charge is -2.17. The van der Waals surface area contributed by atoms with E-state index in [0.29, 0.717) is 22.7 Å². The molecule has 0 bridgehead atoms. The van der Waals surface area contributed by atoms with Crippen LogP contribution in [-0.4, -0.2) is 29.9 Å². The summed E-state index contributed by atoms with van der Waals surface area (Å²) >= 11 is 0. The topological polar surface area (TPSA) is 82.5 Å². The standard InChI is InChI=1S/C22H20F3N3O4/c1-12-9-18(31-3)19(32-4)11-15(12)26-21(30)20-17(29)10-13(2)28(27-20)16-8-6-5-7-14(16)22(23,24)25/h5-11H,1-4H3,(H,26,30). The second-order valence-corrected chi connectivity index (χ2v) is 6.90. The van der Waals surface area contributed by atoms with Gasteiger partial charge in [-0.2, -0.15) is 18.3 Å². The number of carbonyl (C=O) groups excluding carboxylic acids is 1. The Bertz CT molecular complexity index is 1240. The first-order chi connectivity index (χ1) is 15.1. The number of rotatable bonds is 5. The second kappa shape index (κ2) is 8.74. The van der Waals surface area contributed by atoms with E-state index < -0.39 is 28.8 Å². The third kappa shape index (κ3) is 4.43. The molecule has 0 fully saturated rings. The quantitative estimate of drug-likeness (QED) is 0.636. The van der Waals surface area contributed by atoms with Gasteiger partial charge >= 0.3 is 6.18 Å². The smallest absolute Gasteiger partial charge is 0.418 e. The number of methoxy groups -OCH3 is 2. The van der Waals surface area contributed by atoms with Gasteiger partial charge in [0.1, 0.15) is 0 Å². The van der Waals surface area contributed by atoms with E-state index in [-0.39, 0.29) is 11.4 Å². The normalized spacial score (nSPS) is 11.2. The number of aromatic nitrogens is 2. The van der Waals surface area contributed by atoms with Gasteiger partial charge in [0.25, 0.3) is 5.91 Å². The monoisotopic (exact) mass is 447 g/mol. The maximum absolute atomic E-state index is 13.5. The number of aryl methyl sites for hydroxylation is 2. The minimum Gasteiger partial charge on any atom is -0.493 e. The molecule has 10 heteroatoms. The number of anilines is 1. The van der Waals surface area contributed by atoms with Gasteiger partial charge in [-0.3, -0.25) is 9.59 Å². The molecule has 2 aromatic carbocycles. The molecule has 0 unspecified atom stereocenters. The van der Waals surface area contributed by atoms with Gasteiger partial charge in [0, 0.05) is 23.5 Å². The summed E-state index contributed by atoms with van der Waals surface area (Å²) in [5.74, 6) is -0.0760. The summed E-state index contributed by atoms with van der Waals surface area (Å²) in [5, 5.41) is 6.52. The molecule has 0 saturated carbocycles. The minimum absolute atomic E-state index is 0.144. The summed E-state index contributed by atoms with van der Waals surface area (Å²) in [4.78, 5) is 25.3. The van der Waals surface area contributed by atoms with E-state index in [1.807, 2.05) is 0 Å². The summed E-state index contributed by atoms with van der Waals surface area (Å²) < 4.78 is 51.7. The Morgan fingerprint density at radius 1 is 1.03 bits per heavy atom. The van der Waals surface area contributed by atoms with Crippen molar-refractivity contribution in [1.29, 1.82) is 0 Å². The number of halogens is 3. The van der Waals surface area contributed by atoms with Crippen molar-refractivity contribution in [1.82, 2.24) is 9.78 Å². The molecule has 0 atom stereocenters. The van der Waals surface area contributed by atoms with E-state index in [9.17, 15) is 22.8 Å². The maximum Gasteiger partial charge on any atom is 0.418 e. The van der Waals surface area contributed by atoms with Crippen LogP contribution in [0.3, 0.4) is 0 Å². The number of para-hydroxylation sites is 1. The van der Waals surface area contributed by atoms with Gasteiger partial charge in [0.15, 0.2) is 17.2 Å². The van der Waals surface area contributed by atoms with Crippen LogP contribution in [0.15, 0.2) is 47.3 Å². The van der Waals surface area contributed by atoms with Gasteiger partial charge in [-0.25, -0.2) is 4.68 Å². The largest absolute Gasteiger partial charge is 0.493 e. The molecule has 1 aromatic heterocycles. The van der Waals surface area contributed by atoms with E-state index in [1.54, 1.807) is 13.0 Å². The predicted octanol–water partition coefficient (Wildman–Crippen LogP) is 4.14. The first-order valence-electron chi connectivity index (χ1n) is 9.38. The third-order valence-electron chi connectivity index (χ3n) is 4.74. The molecule has 7 nitrogen and oxygen atoms in total. The molecular weight excluding hydrogens is 427 g/mol. The van der Waals surface area contributed by atoms with Crippen LogP contribution in [0.1, 0.15) is 27.3 Å². The van der Waals surface area contributed by atoms with Crippen LogP contribution in [-0.2, 0) is 6.18 Å². The van der Waals surface area contributed by atoms with Crippen molar-refractivity contribution >= 4 is 11.6 Å². The predicted molar refractivity (Wildman–Crippen MR) is 112 cm³/mol. The number of ether oxygens (including phenoxy) is 2. The van der Waals surface area contributed by atoms with E-state index in [2.05, 4.69) is 10.4 Å². The zero-order valence-corrected chi connectivity index (χ0v) is 17.7. The zero-order valence-electron chi connectivity index (χ0n) is 17.7. The number of carbonyl (C=O) groups is 1. The molecule has 168 valence electrons. The first-order valence-corrected chi connectivity index (χ1v) is 9.38. The van der Waals surface area contributed by atoms with E-state index in [1.165, 1.54) is 45.4 Å². The first kappa shape index (κ1) is 22.9. The molecule has 1 heterocycles. The van der Waals surface area contributed by atoms with Crippen LogP contribution in [0.4, 0.5) is 18.9 Å². The van der Waals surface area contributed by atoms with Crippen molar-refractivity contribution in [2.45, 2.75) is 20.0 Å². The number of hydrogen-bond acceptors (Lipinski definition) is 5. The van der Waals surface area contributed by atoms with Crippen molar-refractivity contribution < 1.29 is 27.4 Å². The van der Waals surface area contributed by atoms with E-state index in [0.717, 1.165) is 16.8 Å². The van der Waals surface area contributed by atoms with Gasteiger partial charge in [0.05, 0.1) is 25.5 Å². The molecule has 0 aliphatic heterocycles. The lowest BCUT2D eigenvalue weighted by atomic mass is 10.1. The Hall–Kier alpha value is -3.82. The van der Waals surface area contributed by atoms with Crippen LogP contribution < -0.4 is 20.2 Å². The van der Waals surface area contributed by atoms with E-state index in [4.69, 9.17) is 9.47 Å². The molecule has 32 heavy (non-hydrogen) atoms. The molecule has 3 aromatic rings. The van der Waals surface area contributed by atoms with Crippen LogP contribution in [0.2, 0.25) is 0 Å². The summed E-state index contributed by atoms with van der Waals surface area (Å²) in [6.45, 7) is 3.14. The average molecular weight is 447 g/mol. The molecule has 0 saturated heterocycles. The van der Waals surface area contributed by atoms with Crippen LogP contribution in [0.25, 0.3) is 5.69 Å². The minimum atomic E-state index is -4.65. The van der Waals surface area contributed by atoms with Gasteiger partial charge < -0.3 is 14.8 Å². The molecule has 0 aliphatic rings. The Morgan fingerprint density at radius 2 is 1.66 bits per heavy atom. The number of hydrogen-bond donors (Lipinski definition) is 1. The lowest BCUT2D eigenvalue weighted by Crippen LogP contribution is -2.27. The van der Waals surface area contributed by atoms with Crippen LogP contribution >= 0.6 is 0 Å². The Morgan fingerprint density at radius 3 is 2.28 bits per heavy atom. The van der Waals surface area contributed by atoms with Gasteiger partial charge in [-0.15, -0.1) is 0 Å². The van der Waals surface area contributed by atoms with E-state index >= 15 is 0 Å². The summed E-state index contributed by atoms with van der Waals surface area (Å²) in [6, 6.07) is 8.99. The Balaban J connectivity index is 2.06. The summed E-state index contributed by atoms with van der Waals surface area (Å²) in [7, 11) is 2.89. The molecular formula is C22H20F3N3O4. The lowest BCUT2D eigenvalue weighted by molar-refractivity contribution is -0.137. The Labute approximate surface area is 181 Å². The fraction of sp³-hybridized carbons (Fsp3) is 0.227. The third-order valence-corrected chi connectivity index (χ3v) is 4.74. The summed E-state index contributed by atoms with van der Waals surface area (Å²) in [6.07, 6.45) is -4.65. The maximum atomic E-state index is 13.5. The number of benzene rings is 2. The van der Waals surface area contributed by atoms with Crippen molar-refractivity contribution in [3.05, 3.63) is 75.2 Å².